The summed E-state index contributed by atoms with van der Waals surface area (Å²) in [6.45, 7) is 4.35. The summed E-state index contributed by atoms with van der Waals surface area (Å²) in [5.41, 5.74) is 1.47. The SMILES string of the molecule is CC=CC1CCC(c2cc3c(c(F)c2F)OC(CCC2CCC(CC)CC2)CC3)CC1. The Balaban J connectivity index is 1.36. The maximum Gasteiger partial charge on any atom is 0.201 e. The van der Waals surface area contributed by atoms with Crippen molar-refractivity contribution in [3.05, 3.63) is 41.0 Å². The summed E-state index contributed by atoms with van der Waals surface area (Å²) in [6.07, 6.45) is 18.9. The molecule has 2 fully saturated rings. The summed E-state index contributed by atoms with van der Waals surface area (Å²) in [4.78, 5) is 0. The summed E-state index contributed by atoms with van der Waals surface area (Å²) >= 11 is 0. The van der Waals surface area contributed by atoms with E-state index < -0.39 is 11.6 Å². The lowest BCUT2D eigenvalue weighted by Crippen LogP contribution is -2.26. The van der Waals surface area contributed by atoms with E-state index in [-0.39, 0.29) is 17.8 Å². The molecule has 1 nitrogen and oxygen atoms in total. The number of aryl methyl sites for hydroxylation is 1. The van der Waals surface area contributed by atoms with Crippen molar-refractivity contribution >= 4 is 0 Å². The molecule has 0 radical (unpaired) electrons. The van der Waals surface area contributed by atoms with Crippen LogP contribution in [0.4, 0.5) is 8.78 Å². The third-order valence-electron chi connectivity index (χ3n) is 8.40. The summed E-state index contributed by atoms with van der Waals surface area (Å²) in [6, 6.07) is 1.93. The fourth-order valence-electron chi connectivity index (χ4n) is 6.28. The molecule has 1 atom stereocenters. The van der Waals surface area contributed by atoms with Crippen molar-refractivity contribution in [1.29, 1.82) is 0 Å². The lowest BCUT2D eigenvalue weighted by atomic mass is 9.77. The predicted molar refractivity (Wildman–Crippen MR) is 124 cm³/mol. The number of fused-ring (bicyclic) bond motifs is 1. The standard InChI is InChI=1S/C28H40F2O/c1-3-5-20-10-13-22(14-11-20)25-18-23-15-17-24(31-28(23)27(30)26(25)29)16-12-21-8-6-19(4-2)7-9-21/h3,5,18-22,24H,4,6-17H2,1-2H3. The van der Waals surface area contributed by atoms with Gasteiger partial charge in [0.15, 0.2) is 11.6 Å². The van der Waals surface area contributed by atoms with Gasteiger partial charge < -0.3 is 4.74 Å². The number of hydrogen-bond donors (Lipinski definition) is 0. The first kappa shape index (κ1) is 22.8. The normalized spacial score (nSPS) is 31.4. The van der Waals surface area contributed by atoms with E-state index in [4.69, 9.17) is 4.74 Å². The first-order valence-electron chi connectivity index (χ1n) is 12.9. The molecule has 0 N–H and O–H groups in total. The molecule has 1 heterocycles. The van der Waals surface area contributed by atoms with Gasteiger partial charge in [-0.15, -0.1) is 0 Å². The highest BCUT2D eigenvalue weighted by atomic mass is 19.2. The van der Waals surface area contributed by atoms with Crippen LogP contribution in [0.25, 0.3) is 0 Å². The van der Waals surface area contributed by atoms with Gasteiger partial charge in [-0.2, -0.15) is 4.39 Å². The molecule has 1 aromatic rings. The Morgan fingerprint density at radius 1 is 0.903 bits per heavy atom. The second-order valence-corrected chi connectivity index (χ2v) is 10.4. The molecule has 4 rings (SSSR count). The second kappa shape index (κ2) is 10.5. The summed E-state index contributed by atoms with van der Waals surface area (Å²) in [5, 5.41) is 0. The second-order valence-electron chi connectivity index (χ2n) is 10.4. The average molecular weight is 431 g/mol. The van der Waals surface area contributed by atoms with E-state index >= 15 is 8.78 Å². The minimum absolute atomic E-state index is 0.0346. The Hall–Kier alpha value is -1.38. The van der Waals surface area contributed by atoms with Crippen LogP contribution in [0, 0.1) is 29.4 Å². The number of benzene rings is 1. The van der Waals surface area contributed by atoms with Crippen molar-refractivity contribution in [3.63, 3.8) is 0 Å². The number of allylic oxidation sites excluding steroid dienone is 2. The molecule has 1 aliphatic heterocycles. The maximum atomic E-state index is 15.0. The van der Waals surface area contributed by atoms with Gasteiger partial charge in [0.25, 0.3) is 0 Å². The lowest BCUT2D eigenvalue weighted by molar-refractivity contribution is 0.137. The van der Waals surface area contributed by atoms with Crippen molar-refractivity contribution in [2.24, 2.45) is 17.8 Å². The van der Waals surface area contributed by atoms with Gasteiger partial charge >= 0.3 is 0 Å². The van der Waals surface area contributed by atoms with Gasteiger partial charge in [-0.1, -0.05) is 51.2 Å². The minimum atomic E-state index is -0.740. The zero-order valence-electron chi connectivity index (χ0n) is 19.5. The third kappa shape index (κ3) is 5.34. The molecule has 0 spiro atoms. The topological polar surface area (TPSA) is 9.23 Å². The summed E-state index contributed by atoms with van der Waals surface area (Å²) < 4.78 is 36.1. The molecule has 0 amide bonds. The van der Waals surface area contributed by atoms with E-state index in [0.717, 1.165) is 68.8 Å². The van der Waals surface area contributed by atoms with E-state index in [0.29, 0.717) is 11.5 Å². The molecular weight excluding hydrogens is 390 g/mol. The summed E-state index contributed by atoms with van der Waals surface area (Å²) in [7, 11) is 0. The van der Waals surface area contributed by atoms with E-state index in [1.165, 1.54) is 32.1 Å². The van der Waals surface area contributed by atoms with E-state index in [9.17, 15) is 0 Å². The van der Waals surface area contributed by atoms with E-state index in [2.05, 4.69) is 26.0 Å². The van der Waals surface area contributed by atoms with Gasteiger partial charge in [0.2, 0.25) is 5.82 Å². The van der Waals surface area contributed by atoms with Crippen LogP contribution < -0.4 is 4.74 Å². The molecule has 0 saturated heterocycles. The van der Waals surface area contributed by atoms with Crippen molar-refractivity contribution in [3.8, 4) is 5.75 Å². The smallest absolute Gasteiger partial charge is 0.201 e. The molecule has 0 bridgehead atoms. The Labute approximate surface area is 187 Å². The molecule has 3 heteroatoms. The highest BCUT2D eigenvalue weighted by Crippen LogP contribution is 2.42. The third-order valence-corrected chi connectivity index (χ3v) is 8.40. The van der Waals surface area contributed by atoms with Crippen molar-refractivity contribution in [1.82, 2.24) is 0 Å². The Kier molecular flexibility index (Phi) is 7.72. The molecule has 2 saturated carbocycles. The minimum Gasteiger partial charge on any atom is -0.487 e. The zero-order valence-corrected chi connectivity index (χ0v) is 19.5. The van der Waals surface area contributed by atoms with E-state index in [1.54, 1.807) is 0 Å². The molecule has 1 unspecified atom stereocenters. The van der Waals surface area contributed by atoms with Crippen LogP contribution in [0.2, 0.25) is 0 Å². The van der Waals surface area contributed by atoms with Crippen LogP contribution in [0.15, 0.2) is 18.2 Å². The molecule has 172 valence electrons. The van der Waals surface area contributed by atoms with E-state index in [1.807, 2.05) is 6.07 Å². The van der Waals surface area contributed by atoms with Crippen LogP contribution >= 0.6 is 0 Å². The molecule has 0 aromatic heterocycles. The number of rotatable bonds is 6. The monoisotopic (exact) mass is 430 g/mol. The molecule has 31 heavy (non-hydrogen) atoms. The fraction of sp³-hybridized carbons (Fsp3) is 0.714. The number of halogens is 2. The molecule has 3 aliphatic rings. The van der Waals surface area contributed by atoms with Crippen LogP contribution in [0.3, 0.4) is 0 Å². The highest BCUT2D eigenvalue weighted by molar-refractivity contribution is 5.43. The van der Waals surface area contributed by atoms with Crippen LogP contribution in [-0.4, -0.2) is 6.10 Å². The van der Waals surface area contributed by atoms with Crippen LogP contribution in [-0.2, 0) is 6.42 Å². The Morgan fingerprint density at radius 3 is 2.29 bits per heavy atom. The van der Waals surface area contributed by atoms with Crippen molar-refractivity contribution in [2.45, 2.75) is 109 Å². The van der Waals surface area contributed by atoms with Gasteiger partial charge in [0.05, 0.1) is 6.10 Å². The Bertz CT molecular complexity index is 755. The van der Waals surface area contributed by atoms with Gasteiger partial charge in [-0.05, 0) is 99.2 Å². The van der Waals surface area contributed by atoms with Crippen LogP contribution in [0.1, 0.15) is 108 Å². The average Bonchev–Trinajstić information content (AvgIpc) is 2.81. The van der Waals surface area contributed by atoms with Gasteiger partial charge in [-0.25, -0.2) is 4.39 Å². The number of hydrogen-bond acceptors (Lipinski definition) is 1. The number of ether oxygens (including phenoxy) is 1. The molecular formula is C28H40F2O. The van der Waals surface area contributed by atoms with Gasteiger partial charge in [0.1, 0.15) is 0 Å². The van der Waals surface area contributed by atoms with Crippen LogP contribution in [0.5, 0.6) is 5.75 Å². The largest absolute Gasteiger partial charge is 0.487 e. The highest BCUT2D eigenvalue weighted by Gasteiger charge is 2.31. The lowest BCUT2D eigenvalue weighted by Gasteiger charge is -2.32. The summed E-state index contributed by atoms with van der Waals surface area (Å²) in [5.74, 6) is 1.23. The quantitative estimate of drug-likeness (QED) is 0.411. The van der Waals surface area contributed by atoms with Gasteiger partial charge in [-0.3, -0.25) is 0 Å². The Morgan fingerprint density at radius 2 is 1.61 bits per heavy atom. The fourth-order valence-corrected chi connectivity index (χ4v) is 6.28. The predicted octanol–water partition coefficient (Wildman–Crippen LogP) is 8.50. The van der Waals surface area contributed by atoms with Crippen molar-refractivity contribution < 1.29 is 13.5 Å². The van der Waals surface area contributed by atoms with Gasteiger partial charge in [0, 0.05) is 0 Å². The molecule has 2 aliphatic carbocycles. The molecule has 1 aromatic carbocycles. The van der Waals surface area contributed by atoms with Crippen molar-refractivity contribution in [2.75, 3.05) is 0 Å². The maximum absolute atomic E-state index is 15.0. The first-order chi connectivity index (χ1) is 15.1. The first-order valence-corrected chi connectivity index (χ1v) is 12.9. The zero-order chi connectivity index (χ0) is 21.8.